The zero-order valence-electron chi connectivity index (χ0n) is 17.1. The monoisotopic (exact) mass is 397 g/mol. The zero-order valence-corrected chi connectivity index (χ0v) is 17.1. The molecule has 2 aliphatic rings. The van der Waals surface area contributed by atoms with Crippen molar-refractivity contribution in [2.24, 2.45) is 11.8 Å². The van der Waals surface area contributed by atoms with Crippen LogP contribution in [-0.2, 0) is 11.3 Å². The van der Waals surface area contributed by atoms with Gasteiger partial charge >= 0.3 is 6.03 Å². The van der Waals surface area contributed by atoms with Gasteiger partial charge in [-0.05, 0) is 23.8 Å². The van der Waals surface area contributed by atoms with Crippen LogP contribution in [0.25, 0.3) is 0 Å². The van der Waals surface area contributed by atoms with Crippen LogP contribution in [0.2, 0.25) is 0 Å². The zero-order chi connectivity index (χ0) is 20.5. The van der Waals surface area contributed by atoms with Gasteiger partial charge in [-0.15, -0.1) is 0 Å². The second kappa shape index (κ2) is 7.77. The largest absolute Gasteiger partial charge is 0.497 e. The van der Waals surface area contributed by atoms with Crippen molar-refractivity contribution in [2.75, 3.05) is 40.8 Å². The van der Waals surface area contributed by atoms with Gasteiger partial charge in [-0.25, -0.2) is 4.79 Å². The van der Waals surface area contributed by atoms with Gasteiger partial charge in [0.25, 0.3) is 0 Å². The lowest BCUT2D eigenvalue weighted by atomic mass is 9.89. The number of hydrogen-bond donors (Lipinski definition) is 0. The molecule has 8 heteroatoms. The first-order valence-corrected chi connectivity index (χ1v) is 9.85. The first-order chi connectivity index (χ1) is 14.0. The Balaban J connectivity index is 1.55. The minimum absolute atomic E-state index is 0.00892. The molecule has 8 nitrogen and oxygen atoms in total. The molecule has 2 aliphatic heterocycles. The minimum atomic E-state index is -0.0525. The van der Waals surface area contributed by atoms with Crippen LogP contribution in [0.4, 0.5) is 4.79 Å². The third-order valence-corrected chi connectivity index (χ3v) is 5.96. The fourth-order valence-corrected chi connectivity index (χ4v) is 4.56. The molecule has 0 spiro atoms. The predicted octanol–water partition coefficient (Wildman–Crippen LogP) is 1.70. The van der Waals surface area contributed by atoms with Crippen molar-refractivity contribution in [3.63, 3.8) is 0 Å². The number of carbonyl (C=O) groups excluding carboxylic acids is 2. The molecule has 1 aromatic carbocycles. The number of likely N-dealkylation sites (tertiary alicyclic amines) is 2. The lowest BCUT2D eigenvalue weighted by molar-refractivity contribution is -0.131. The number of carbonyl (C=O) groups is 2. The predicted molar refractivity (Wildman–Crippen MR) is 107 cm³/mol. The highest BCUT2D eigenvalue weighted by Gasteiger charge is 2.50. The summed E-state index contributed by atoms with van der Waals surface area (Å²) < 4.78 is 6.93. The number of hydrogen-bond acceptors (Lipinski definition) is 4. The molecule has 1 aromatic heterocycles. The van der Waals surface area contributed by atoms with Crippen LogP contribution in [-0.4, -0.2) is 77.3 Å². The van der Waals surface area contributed by atoms with Crippen LogP contribution in [0.3, 0.4) is 0 Å². The third kappa shape index (κ3) is 3.66. The average Bonchev–Trinajstić information content (AvgIpc) is 3.43. The maximum absolute atomic E-state index is 12.8. The highest BCUT2D eigenvalue weighted by molar-refractivity contribution is 5.77. The lowest BCUT2D eigenvalue weighted by Gasteiger charge is -2.32. The number of amides is 3. The summed E-state index contributed by atoms with van der Waals surface area (Å²) in [5.74, 6) is 1.35. The molecule has 0 bridgehead atoms. The number of ether oxygens (including phenoxy) is 1. The van der Waals surface area contributed by atoms with Crippen molar-refractivity contribution in [2.45, 2.75) is 12.6 Å². The molecule has 0 aliphatic carbocycles. The molecule has 4 rings (SSSR count). The number of rotatable bonds is 4. The van der Waals surface area contributed by atoms with E-state index < -0.39 is 0 Å². The van der Waals surface area contributed by atoms with Gasteiger partial charge < -0.3 is 19.4 Å². The van der Waals surface area contributed by atoms with Crippen LogP contribution < -0.4 is 4.74 Å². The van der Waals surface area contributed by atoms with Gasteiger partial charge in [0, 0.05) is 58.0 Å². The Morgan fingerprint density at radius 2 is 1.93 bits per heavy atom. The van der Waals surface area contributed by atoms with Gasteiger partial charge in [0.15, 0.2) is 0 Å². The number of urea groups is 1. The molecule has 3 amide bonds. The molecular weight excluding hydrogens is 370 g/mol. The van der Waals surface area contributed by atoms with E-state index in [0.717, 1.165) is 11.3 Å². The topological polar surface area (TPSA) is 70.9 Å². The molecule has 0 radical (unpaired) electrons. The maximum atomic E-state index is 12.8. The Hall–Kier alpha value is -3.03. The Kier molecular flexibility index (Phi) is 5.17. The summed E-state index contributed by atoms with van der Waals surface area (Å²) in [5, 5.41) is 4.13. The van der Waals surface area contributed by atoms with Gasteiger partial charge in [-0.2, -0.15) is 5.10 Å². The van der Waals surface area contributed by atoms with Crippen molar-refractivity contribution in [3.8, 4) is 5.75 Å². The van der Waals surface area contributed by atoms with Crippen LogP contribution in [0.5, 0.6) is 5.75 Å². The van der Waals surface area contributed by atoms with Gasteiger partial charge in [-0.3, -0.25) is 9.48 Å². The molecule has 3 heterocycles. The smallest absolute Gasteiger partial charge is 0.320 e. The van der Waals surface area contributed by atoms with Crippen molar-refractivity contribution in [1.82, 2.24) is 24.5 Å². The number of methoxy groups -OCH3 is 1. The fourth-order valence-electron chi connectivity index (χ4n) is 4.56. The molecule has 3 atom stereocenters. The summed E-state index contributed by atoms with van der Waals surface area (Å²) in [4.78, 5) is 31.1. The van der Waals surface area contributed by atoms with E-state index in [1.807, 2.05) is 40.1 Å². The summed E-state index contributed by atoms with van der Waals surface area (Å²) in [6.07, 6.45) is 3.48. The summed E-state index contributed by atoms with van der Waals surface area (Å²) >= 11 is 0. The van der Waals surface area contributed by atoms with E-state index in [4.69, 9.17) is 4.74 Å². The summed E-state index contributed by atoms with van der Waals surface area (Å²) in [5.41, 5.74) is 1.08. The second-order valence-electron chi connectivity index (χ2n) is 7.97. The maximum Gasteiger partial charge on any atom is 0.320 e. The van der Waals surface area contributed by atoms with Crippen LogP contribution >= 0.6 is 0 Å². The number of nitrogens with zero attached hydrogens (tertiary/aromatic N) is 5. The molecule has 0 unspecified atom stereocenters. The second-order valence-corrected chi connectivity index (χ2v) is 7.97. The quantitative estimate of drug-likeness (QED) is 0.787. The Morgan fingerprint density at radius 3 is 2.55 bits per heavy atom. The van der Waals surface area contributed by atoms with Gasteiger partial charge in [0.2, 0.25) is 5.91 Å². The van der Waals surface area contributed by atoms with Crippen molar-refractivity contribution in [3.05, 3.63) is 48.3 Å². The highest BCUT2D eigenvalue weighted by atomic mass is 16.5. The SMILES string of the molecule is COc1ccc([C@H]2[C@@H]3CN(C(=O)Cn4cccn4)C[C@@H]3CN2C(=O)N(C)C)cc1. The van der Waals surface area contributed by atoms with Gasteiger partial charge in [-0.1, -0.05) is 12.1 Å². The van der Waals surface area contributed by atoms with Crippen molar-refractivity contribution in [1.29, 1.82) is 0 Å². The fraction of sp³-hybridized carbons (Fsp3) is 0.476. The molecule has 0 N–H and O–H groups in total. The van der Waals surface area contributed by atoms with E-state index in [2.05, 4.69) is 5.10 Å². The lowest BCUT2D eigenvalue weighted by Crippen LogP contribution is -2.42. The molecule has 0 saturated carbocycles. The van der Waals surface area contributed by atoms with Crippen molar-refractivity contribution < 1.29 is 14.3 Å². The highest BCUT2D eigenvalue weighted by Crippen LogP contribution is 2.45. The Morgan fingerprint density at radius 1 is 1.17 bits per heavy atom. The van der Waals surface area contributed by atoms with Gasteiger partial charge in [0.1, 0.15) is 12.3 Å². The number of benzene rings is 1. The Labute approximate surface area is 170 Å². The molecule has 154 valence electrons. The van der Waals surface area contributed by atoms with E-state index in [1.165, 1.54) is 0 Å². The third-order valence-electron chi connectivity index (χ3n) is 5.96. The first-order valence-electron chi connectivity index (χ1n) is 9.85. The average molecular weight is 397 g/mol. The Bertz CT molecular complexity index is 865. The number of aromatic nitrogens is 2. The number of fused-ring (bicyclic) bond motifs is 1. The normalized spacial score (nSPS) is 23.2. The van der Waals surface area contributed by atoms with Gasteiger partial charge in [0.05, 0.1) is 13.2 Å². The molecule has 2 fully saturated rings. The van der Waals surface area contributed by atoms with E-state index in [9.17, 15) is 9.59 Å². The standard InChI is InChI=1S/C21H27N5O3/c1-23(2)21(28)26-12-16-11-24(19(27)14-25-10-4-9-22-25)13-18(16)20(26)15-5-7-17(29-3)8-6-15/h4-10,16,18,20H,11-14H2,1-3H3/t16-,18-,20+/m1/s1. The first kappa shape index (κ1) is 19.3. The summed E-state index contributed by atoms with van der Waals surface area (Å²) in [6.45, 7) is 2.23. The summed E-state index contributed by atoms with van der Waals surface area (Å²) in [6, 6.07) is 9.67. The van der Waals surface area contributed by atoms with E-state index in [1.54, 1.807) is 43.2 Å². The van der Waals surface area contributed by atoms with E-state index in [-0.39, 0.29) is 36.4 Å². The van der Waals surface area contributed by atoms with Crippen LogP contribution in [0.1, 0.15) is 11.6 Å². The van der Waals surface area contributed by atoms with Crippen LogP contribution in [0, 0.1) is 11.8 Å². The molecular formula is C21H27N5O3. The molecule has 2 aromatic rings. The summed E-state index contributed by atoms with van der Waals surface area (Å²) in [7, 11) is 5.20. The van der Waals surface area contributed by atoms with Crippen LogP contribution in [0.15, 0.2) is 42.7 Å². The molecule has 2 saturated heterocycles. The molecule has 29 heavy (non-hydrogen) atoms. The minimum Gasteiger partial charge on any atom is -0.497 e. The van der Waals surface area contributed by atoms with Crippen molar-refractivity contribution >= 4 is 11.9 Å². The van der Waals surface area contributed by atoms with E-state index in [0.29, 0.717) is 19.6 Å². The van der Waals surface area contributed by atoms with E-state index >= 15 is 0 Å².